The van der Waals surface area contributed by atoms with Gasteiger partial charge in [0, 0.05) is 10.9 Å². The van der Waals surface area contributed by atoms with Gasteiger partial charge >= 0.3 is 0 Å². The first-order valence-corrected chi connectivity index (χ1v) is 5.08. The second-order valence-electron chi connectivity index (χ2n) is 2.56. The van der Waals surface area contributed by atoms with E-state index in [1.807, 2.05) is 19.1 Å². The Morgan fingerprint density at radius 2 is 2.31 bits per heavy atom. The van der Waals surface area contributed by atoms with Crippen LogP contribution in [0.25, 0.3) is 0 Å². The number of hydrogen-bond acceptors (Lipinski definition) is 1. The Kier molecular flexibility index (Phi) is 3.75. The van der Waals surface area contributed by atoms with E-state index in [2.05, 4.69) is 20.9 Å². The predicted molar refractivity (Wildman–Crippen MR) is 60.7 cm³/mol. The van der Waals surface area contributed by atoms with Crippen molar-refractivity contribution < 1.29 is 0 Å². The molecule has 0 bridgehead atoms. The minimum absolute atomic E-state index is 0.620. The molecule has 70 valence electrons. The number of nitrogens with two attached hydrogens (primary N) is 1. The zero-order valence-electron chi connectivity index (χ0n) is 7.22. The van der Waals surface area contributed by atoms with Gasteiger partial charge in [0.05, 0.1) is 16.5 Å². The van der Waals surface area contributed by atoms with E-state index in [9.17, 15) is 0 Å². The summed E-state index contributed by atoms with van der Waals surface area (Å²) in [6.07, 6.45) is 0.750. The van der Waals surface area contributed by atoms with Crippen LogP contribution in [0.5, 0.6) is 0 Å². The lowest BCUT2D eigenvalue weighted by atomic mass is 10.3. The highest BCUT2D eigenvalue weighted by Crippen LogP contribution is 2.26. The average Bonchev–Trinajstić information content (AvgIpc) is 2.11. The van der Waals surface area contributed by atoms with Crippen LogP contribution < -0.4 is 5.73 Å². The minimum Gasteiger partial charge on any atom is -0.387 e. The van der Waals surface area contributed by atoms with Crippen molar-refractivity contribution in [3.8, 4) is 0 Å². The molecule has 4 heteroatoms. The molecule has 0 aliphatic carbocycles. The lowest BCUT2D eigenvalue weighted by Gasteiger charge is -1.99. The molecule has 0 aliphatic heterocycles. The van der Waals surface area contributed by atoms with Gasteiger partial charge in [0.15, 0.2) is 0 Å². The zero-order chi connectivity index (χ0) is 9.84. The van der Waals surface area contributed by atoms with Crippen LogP contribution in [-0.2, 0) is 0 Å². The third-order valence-corrected chi connectivity index (χ3v) is 2.75. The lowest BCUT2D eigenvalue weighted by molar-refractivity contribution is 1.23. The van der Waals surface area contributed by atoms with Gasteiger partial charge in [-0.1, -0.05) is 18.5 Å². The number of hydrogen-bond donors (Lipinski definition) is 1. The molecule has 13 heavy (non-hydrogen) atoms. The first-order valence-electron chi connectivity index (χ1n) is 3.91. The molecule has 0 fully saturated rings. The molecule has 2 N–H and O–H groups in total. The molecule has 0 saturated heterocycles. The SMILES string of the molecule is CCC(N)=Nc1ccc(Cl)c(Br)c1. The van der Waals surface area contributed by atoms with Crippen molar-refractivity contribution in [1.29, 1.82) is 0 Å². The predicted octanol–water partition coefficient (Wildman–Crippen LogP) is 3.50. The minimum atomic E-state index is 0.620. The van der Waals surface area contributed by atoms with Crippen molar-refractivity contribution >= 4 is 39.1 Å². The van der Waals surface area contributed by atoms with E-state index in [0.717, 1.165) is 16.6 Å². The van der Waals surface area contributed by atoms with Crippen LogP contribution in [0.4, 0.5) is 5.69 Å². The number of aliphatic imine (C=N–C) groups is 1. The van der Waals surface area contributed by atoms with Gasteiger partial charge in [-0.25, -0.2) is 4.99 Å². The molecule has 1 aromatic carbocycles. The van der Waals surface area contributed by atoms with Crippen molar-refractivity contribution in [2.24, 2.45) is 10.7 Å². The van der Waals surface area contributed by atoms with E-state index >= 15 is 0 Å². The molecule has 1 aromatic rings. The van der Waals surface area contributed by atoms with E-state index in [1.165, 1.54) is 0 Å². The summed E-state index contributed by atoms with van der Waals surface area (Å²) in [4.78, 5) is 4.19. The van der Waals surface area contributed by atoms with Crippen molar-refractivity contribution in [2.75, 3.05) is 0 Å². The fourth-order valence-electron chi connectivity index (χ4n) is 0.799. The van der Waals surface area contributed by atoms with Gasteiger partial charge < -0.3 is 5.73 Å². The van der Waals surface area contributed by atoms with Crippen LogP contribution in [0.2, 0.25) is 5.02 Å². The van der Waals surface area contributed by atoms with Crippen molar-refractivity contribution in [2.45, 2.75) is 13.3 Å². The molecule has 0 unspecified atom stereocenters. The number of benzene rings is 1. The monoisotopic (exact) mass is 260 g/mol. The maximum absolute atomic E-state index is 5.82. The van der Waals surface area contributed by atoms with Gasteiger partial charge in [-0.3, -0.25) is 0 Å². The molecule has 0 radical (unpaired) electrons. The summed E-state index contributed by atoms with van der Waals surface area (Å²) in [5.41, 5.74) is 6.41. The summed E-state index contributed by atoms with van der Waals surface area (Å²) >= 11 is 9.14. The van der Waals surface area contributed by atoms with E-state index in [-0.39, 0.29) is 0 Å². The van der Waals surface area contributed by atoms with Gasteiger partial charge in [0.2, 0.25) is 0 Å². The van der Waals surface area contributed by atoms with Crippen LogP contribution in [0.3, 0.4) is 0 Å². The second-order valence-corrected chi connectivity index (χ2v) is 3.82. The van der Waals surface area contributed by atoms with Crippen molar-refractivity contribution in [1.82, 2.24) is 0 Å². The van der Waals surface area contributed by atoms with Gasteiger partial charge in [-0.2, -0.15) is 0 Å². The number of rotatable bonds is 2. The van der Waals surface area contributed by atoms with Gasteiger partial charge in [-0.05, 0) is 34.1 Å². The molecular formula is C9H10BrClN2. The zero-order valence-corrected chi connectivity index (χ0v) is 9.56. The van der Waals surface area contributed by atoms with Crippen LogP contribution in [0.15, 0.2) is 27.7 Å². The molecule has 2 nitrogen and oxygen atoms in total. The van der Waals surface area contributed by atoms with Gasteiger partial charge in [-0.15, -0.1) is 0 Å². The van der Waals surface area contributed by atoms with Crippen LogP contribution in [0, 0.1) is 0 Å². The van der Waals surface area contributed by atoms with Crippen molar-refractivity contribution in [3.63, 3.8) is 0 Å². The Morgan fingerprint density at radius 3 is 2.85 bits per heavy atom. The largest absolute Gasteiger partial charge is 0.387 e. The molecule has 0 aliphatic rings. The molecule has 0 heterocycles. The maximum Gasteiger partial charge on any atom is 0.0993 e. The van der Waals surface area contributed by atoms with Crippen LogP contribution in [0.1, 0.15) is 13.3 Å². The lowest BCUT2D eigenvalue weighted by Crippen LogP contribution is -2.08. The third-order valence-electron chi connectivity index (χ3n) is 1.54. The molecular weight excluding hydrogens is 251 g/mol. The number of amidine groups is 1. The summed E-state index contributed by atoms with van der Waals surface area (Å²) in [6, 6.07) is 5.45. The first-order chi connectivity index (χ1) is 6.13. The topological polar surface area (TPSA) is 38.4 Å². The van der Waals surface area contributed by atoms with Crippen LogP contribution in [-0.4, -0.2) is 5.84 Å². The normalized spacial score (nSPS) is 11.8. The summed E-state index contributed by atoms with van der Waals surface area (Å²) in [6.45, 7) is 1.96. The third kappa shape index (κ3) is 3.01. The summed E-state index contributed by atoms with van der Waals surface area (Å²) in [5, 5.41) is 0.675. The molecule has 0 atom stereocenters. The van der Waals surface area contributed by atoms with Crippen molar-refractivity contribution in [3.05, 3.63) is 27.7 Å². The van der Waals surface area contributed by atoms with Crippen LogP contribution >= 0.6 is 27.5 Å². The Hall–Kier alpha value is -0.540. The smallest absolute Gasteiger partial charge is 0.0993 e. The quantitative estimate of drug-likeness (QED) is 0.642. The molecule has 0 amide bonds. The Labute approximate surface area is 90.9 Å². The van der Waals surface area contributed by atoms with E-state index < -0.39 is 0 Å². The van der Waals surface area contributed by atoms with E-state index in [1.54, 1.807) is 6.07 Å². The van der Waals surface area contributed by atoms with Gasteiger partial charge in [0.1, 0.15) is 0 Å². The summed E-state index contributed by atoms with van der Waals surface area (Å²) in [7, 11) is 0. The number of nitrogens with zero attached hydrogens (tertiary/aromatic N) is 1. The highest BCUT2D eigenvalue weighted by atomic mass is 79.9. The Bertz CT molecular complexity index is 336. The van der Waals surface area contributed by atoms with E-state index in [0.29, 0.717) is 10.9 Å². The average molecular weight is 262 g/mol. The fourth-order valence-corrected chi connectivity index (χ4v) is 1.28. The first kappa shape index (κ1) is 10.5. The number of halogens is 2. The molecule has 0 saturated carbocycles. The van der Waals surface area contributed by atoms with E-state index in [4.69, 9.17) is 17.3 Å². The second kappa shape index (κ2) is 4.63. The highest BCUT2D eigenvalue weighted by Gasteiger charge is 1.97. The Balaban J connectivity index is 2.98. The highest BCUT2D eigenvalue weighted by molar-refractivity contribution is 9.10. The standard InChI is InChI=1S/C9H10BrClN2/c1-2-9(12)13-6-3-4-8(11)7(10)5-6/h3-5H,2H2,1H3,(H2,12,13). The van der Waals surface area contributed by atoms with Gasteiger partial charge in [0.25, 0.3) is 0 Å². The Morgan fingerprint density at radius 1 is 1.62 bits per heavy atom. The fraction of sp³-hybridized carbons (Fsp3) is 0.222. The molecule has 0 aromatic heterocycles. The molecule has 1 rings (SSSR count). The maximum atomic E-state index is 5.82. The summed E-state index contributed by atoms with van der Waals surface area (Å²) < 4.78 is 0.833. The molecule has 0 spiro atoms. The summed E-state index contributed by atoms with van der Waals surface area (Å²) in [5.74, 6) is 0.620.